The number of nitrogens with one attached hydrogen (secondary N) is 2. The molecule has 3 aromatic rings. The van der Waals surface area contributed by atoms with Gasteiger partial charge in [0.15, 0.2) is 0 Å². The predicted molar refractivity (Wildman–Crippen MR) is 118 cm³/mol. The molecule has 1 heterocycles. The van der Waals surface area contributed by atoms with E-state index in [0.717, 1.165) is 23.7 Å². The minimum Gasteiger partial charge on any atom is -0.351 e. The predicted octanol–water partition coefficient (Wildman–Crippen LogP) is 2.82. The number of hydrogen-bond acceptors (Lipinski definition) is 4. The highest BCUT2D eigenvalue weighted by molar-refractivity contribution is 7.92. The first kappa shape index (κ1) is 20.4. The Morgan fingerprint density at radius 1 is 1.07 bits per heavy atom. The Kier molecular flexibility index (Phi) is 5.53. The molecule has 1 fully saturated rings. The quantitative estimate of drug-likeness (QED) is 0.580. The molecule has 0 atom stereocenters. The van der Waals surface area contributed by atoms with Crippen molar-refractivity contribution in [2.75, 3.05) is 31.5 Å². The van der Waals surface area contributed by atoms with Crippen LogP contribution in [0.15, 0.2) is 59.5 Å². The Morgan fingerprint density at radius 2 is 1.80 bits per heavy atom. The molecular weight excluding hydrogens is 400 g/mol. The first-order chi connectivity index (χ1) is 14.3. The van der Waals surface area contributed by atoms with Gasteiger partial charge in [-0.2, -0.15) is 0 Å². The van der Waals surface area contributed by atoms with Crippen LogP contribution in [0.5, 0.6) is 0 Å². The third-order valence-corrected chi connectivity index (χ3v) is 6.97. The lowest BCUT2D eigenvalue weighted by molar-refractivity contribution is 0.0947. The summed E-state index contributed by atoms with van der Waals surface area (Å²) >= 11 is 0. The van der Waals surface area contributed by atoms with E-state index in [1.54, 1.807) is 42.5 Å². The Bertz CT molecular complexity index is 1150. The monoisotopic (exact) mass is 426 g/mol. The molecule has 1 aromatic heterocycles. The molecule has 1 aliphatic carbocycles. The zero-order valence-electron chi connectivity index (χ0n) is 17.1. The zero-order valence-corrected chi connectivity index (χ0v) is 17.9. The molecule has 4 rings (SSSR count). The van der Waals surface area contributed by atoms with Crippen LogP contribution >= 0.6 is 0 Å². The lowest BCUT2D eigenvalue weighted by Gasteiger charge is -2.26. The molecule has 8 heteroatoms. The molecule has 0 spiro atoms. The molecule has 1 aliphatic rings. The molecule has 0 bridgehead atoms. The molecular formula is C22H26N4O3S. The number of H-pyrrole nitrogens is 1. The number of sulfonamides is 1. The Labute approximate surface area is 176 Å². The van der Waals surface area contributed by atoms with Crippen LogP contribution in [0.2, 0.25) is 0 Å². The molecule has 1 amide bonds. The van der Waals surface area contributed by atoms with E-state index in [1.165, 1.54) is 4.31 Å². The fraction of sp³-hybridized carbons (Fsp3) is 0.318. The molecule has 0 radical (unpaired) electrons. The molecule has 1 saturated carbocycles. The van der Waals surface area contributed by atoms with Crippen molar-refractivity contribution in [3.63, 3.8) is 0 Å². The van der Waals surface area contributed by atoms with Crippen molar-refractivity contribution in [2.45, 2.75) is 23.8 Å². The van der Waals surface area contributed by atoms with Crippen LogP contribution in [0.25, 0.3) is 10.9 Å². The van der Waals surface area contributed by atoms with Crippen LogP contribution in [0.4, 0.5) is 5.69 Å². The number of likely N-dealkylation sites (N-methyl/N-ethyl adjacent to an activating group) is 1. The van der Waals surface area contributed by atoms with Crippen molar-refractivity contribution in [1.29, 1.82) is 0 Å². The van der Waals surface area contributed by atoms with Crippen molar-refractivity contribution >= 4 is 32.5 Å². The third kappa shape index (κ3) is 4.34. The summed E-state index contributed by atoms with van der Waals surface area (Å²) in [6.07, 6.45) is 2.04. The van der Waals surface area contributed by atoms with E-state index in [1.807, 2.05) is 31.1 Å². The van der Waals surface area contributed by atoms with E-state index in [9.17, 15) is 13.2 Å². The summed E-state index contributed by atoms with van der Waals surface area (Å²) < 4.78 is 28.1. The molecule has 30 heavy (non-hydrogen) atoms. The zero-order chi connectivity index (χ0) is 21.3. The van der Waals surface area contributed by atoms with E-state index in [2.05, 4.69) is 10.3 Å². The molecule has 0 aliphatic heterocycles. The summed E-state index contributed by atoms with van der Waals surface area (Å²) in [5, 5.41) is 3.76. The van der Waals surface area contributed by atoms with E-state index < -0.39 is 10.0 Å². The fourth-order valence-corrected chi connectivity index (χ4v) is 4.76. The summed E-state index contributed by atoms with van der Waals surface area (Å²) in [5.41, 5.74) is 1.85. The minimum atomic E-state index is -3.72. The summed E-state index contributed by atoms with van der Waals surface area (Å²) in [6, 6.07) is 15.9. The maximum absolute atomic E-state index is 13.4. The Balaban J connectivity index is 1.69. The highest BCUT2D eigenvalue weighted by atomic mass is 32.2. The molecule has 0 unspecified atom stereocenters. The number of nitrogens with zero attached hydrogens (tertiary/aromatic N) is 2. The number of fused-ring (bicyclic) bond motifs is 1. The molecule has 158 valence electrons. The van der Waals surface area contributed by atoms with E-state index in [-0.39, 0.29) is 16.8 Å². The molecule has 0 saturated heterocycles. The number of carbonyl (C=O) groups excluding carboxylic acids is 1. The standard InChI is InChI=1S/C22H26N4O3S/c1-25(2)12-13-26(30(28,29)19-6-4-3-5-7-19)18-10-11-20-16(14-18)15-21(24-20)22(27)23-17-8-9-17/h3-7,10-11,14-15,17,24H,8-9,12-13H2,1-2H3,(H,23,27). The van der Waals surface area contributed by atoms with Gasteiger partial charge in [-0.3, -0.25) is 9.10 Å². The van der Waals surface area contributed by atoms with Crippen molar-refractivity contribution in [3.8, 4) is 0 Å². The third-order valence-electron chi connectivity index (χ3n) is 5.13. The van der Waals surface area contributed by atoms with Gasteiger partial charge in [-0.1, -0.05) is 18.2 Å². The van der Waals surface area contributed by atoms with Crippen molar-refractivity contribution in [2.24, 2.45) is 0 Å². The van der Waals surface area contributed by atoms with Gasteiger partial charge in [-0.25, -0.2) is 8.42 Å². The van der Waals surface area contributed by atoms with Gasteiger partial charge in [0, 0.05) is 30.0 Å². The fourth-order valence-electron chi connectivity index (χ4n) is 3.29. The SMILES string of the molecule is CN(C)CCN(c1ccc2[nH]c(C(=O)NC3CC3)cc2c1)S(=O)(=O)c1ccccc1. The van der Waals surface area contributed by atoms with E-state index in [4.69, 9.17) is 0 Å². The summed E-state index contributed by atoms with van der Waals surface area (Å²) in [6.45, 7) is 0.890. The lowest BCUT2D eigenvalue weighted by atomic mass is 10.2. The average Bonchev–Trinajstić information content (AvgIpc) is 3.43. The van der Waals surface area contributed by atoms with Crippen molar-refractivity contribution in [3.05, 3.63) is 60.3 Å². The van der Waals surface area contributed by atoms with Gasteiger partial charge in [-0.15, -0.1) is 0 Å². The number of aromatic amines is 1. The first-order valence-electron chi connectivity index (χ1n) is 10.0. The number of hydrogen-bond donors (Lipinski definition) is 2. The van der Waals surface area contributed by atoms with Crippen molar-refractivity contribution < 1.29 is 13.2 Å². The Morgan fingerprint density at radius 3 is 2.47 bits per heavy atom. The number of carbonyl (C=O) groups is 1. The first-order valence-corrected chi connectivity index (χ1v) is 11.4. The maximum atomic E-state index is 13.4. The lowest BCUT2D eigenvalue weighted by Crippen LogP contribution is -2.36. The summed E-state index contributed by atoms with van der Waals surface area (Å²) in [5.74, 6) is -0.128. The molecule has 2 N–H and O–H groups in total. The van der Waals surface area contributed by atoms with Crippen LogP contribution in [0, 0.1) is 0 Å². The molecule has 2 aromatic carbocycles. The van der Waals surface area contributed by atoms with E-state index >= 15 is 0 Å². The second kappa shape index (κ2) is 8.12. The summed E-state index contributed by atoms with van der Waals surface area (Å²) in [7, 11) is 0.102. The number of aromatic nitrogens is 1. The van der Waals surface area contributed by atoms with Crippen LogP contribution in [-0.2, 0) is 10.0 Å². The maximum Gasteiger partial charge on any atom is 0.267 e. The highest BCUT2D eigenvalue weighted by Crippen LogP contribution is 2.28. The normalized spacial score (nSPS) is 14.2. The van der Waals surface area contributed by atoms with Gasteiger partial charge < -0.3 is 15.2 Å². The highest BCUT2D eigenvalue weighted by Gasteiger charge is 2.26. The number of anilines is 1. The van der Waals surface area contributed by atoms with Crippen molar-refractivity contribution in [1.82, 2.24) is 15.2 Å². The topological polar surface area (TPSA) is 85.5 Å². The number of benzene rings is 2. The van der Waals surface area contributed by atoms with Crippen LogP contribution in [0.3, 0.4) is 0 Å². The van der Waals surface area contributed by atoms with Crippen LogP contribution < -0.4 is 9.62 Å². The van der Waals surface area contributed by atoms with Gasteiger partial charge in [0.25, 0.3) is 15.9 Å². The smallest absolute Gasteiger partial charge is 0.267 e. The minimum absolute atomic E-state index is 0.128. The van der Waals surface area contributed by atoms with Gasteiger partial charge in [0.2, 0.25) is 0 Å². The van der Waals surface area contributed by atoms with Gasteiger partial charge in [-0.05, 0) is 63.3 Å². The van der Waals surface area contributed by atoms with E-state index in [0.29, 0.717) is 24.5 Å². The van der Waals surface area contributed by atoms with Gasteiger partial charge in [0.05, 0.1) is 10.6 Å². The van der Waals surface area contributed by atoms with Crippen LogP contribution in [0.1, 0.15) is 23.3 Å². The number of amides is 1. The second-order valence-electron chi connectivity index (χ2n) is 7.90. The number of rotatable bonds is 8. The largest absolute Gasteiger partial charge is 0.351 e. The van der Waals surface area contributed by atoms with Crippen LogP contribution in [-0.4, -0.2) is 57.4 Å². The summed E-state index contributed by atoms with van der Waals surface area (Å²) in [4.78, 5) is 17.7. The van der Waals surface area contributed by atoms with Gasteiger partial charge >= 0.3 is 0 Å². The average molecular weight is 427 g/mol. The van der Waals surface area contributed by atoms with Gasteiger partial charge in [0.1, 0.15) is 5.69 Å². The Hall–Kier alpha value is -2.84. The second-order valence-corrected chi connectivity index (χ2v) is 9.76. The molecule has 7 nitrogen and oxygen atoms in total.